The molecular formula is C18H21ClFN5O. The van der Waals surface area contributed by atoms with Crippen LogP contribution in [0.3, 0.4) is 0 Å². The van der Waals surface area contributed by atoms with Gasteiger partial charge in [0.1, 0.15) is 18.0 Å². The normalized spacial score (nSPS) is 19.8. The van der Waals surface area contributed by atoms with E-state index >= 15 is 0 Å². The second kappa shape index (κ2) is 7.97. The molecule has 138 valence electrons. The summed E-state index contributed by atoms with van der Waals surface area (Å²) in [5.41, 5.74) is -0.113. The van der Waals surface area contributed by atoms with E-state index in [9.17, 15) is 9.18 Å². The van der Waals surface area contributed by atoms with Crippen molar-refractivity contribution in [1.29, 1.82) is 0 Å². The monoisotopic (exact) mass is 377 g/mol. The van der Waals surface area contributed by atoms with E-state index in [1.165, 1.54) is 24.5 Å². The molecule has 2 aromatic rings. The van der Waals surface area contributed by atoms with Gasteiger partial charge in [0.05, 0.1) is 16.6 Å². The Hall–Kier alpha value is -2.25. The number of carbonyl (C=O) groups is 1. The Morgan fingerprint density at radius 2 is 2.19 bits per heavy atom. The van der Waals surface area contributed by atoms with Gasteiger partial charge in [-0.1, -0.05) is 17.7 Å². The summed E-state index contributed by atoms with van der Waals surface area (Å²) in [6, 6.07) is 5.93. The quantitative estimate of drug-likeness (QED) is 0.864. The average Bonchev–Trinajstić information content (AvgIpc) is 2.97. The van der Waals surface area contributed by atoms with Crippen LogP contribution >= 0.6 is 11.6 Å². The summed E-state index contributed by atoms with van der Waals surface area (Å²) >= 11 is 6.02. The molecular weight excluding hydrogens is 357 g/mol. The molecule has 3 rings (SSSR count). The van der Waals surface area contributed by atoms with Crippen LogP contribution in [0, 0.1) is 11.7 Å². The number of hydrogen-bond donors (Lipinski definition) is 1. The minimum atomic E-state index is -0.621. The van der Waals surface area contributed by atoms with Gasteiger partial charge < -0.3 is 15.1 Å². The smallest absolute Gasteiger partial charge is 0.256 e. The highest BCUT2D eigenvalue weighted by atomic mass is 35.5. The summed E-state index contributed by atoms with van der Waals surface area (Å²) in [4.78, 5) is 25.0. The molecule has 1 aliphatic rings. The maximum Gasteiger partial charge on any atom is 0.256 e. The van der Waals surface area contributed by atoms with E-state index in [1.807, 2.05) is 20.2 Å². The van der Waals surface area contributed by atoms with Gasteiger partial charge in [0.15, 0.2) is 0 Å². The van der Waals surface area contributed by atoms with Crippen molar-refractivity contribution in [2.45, 2.75) is 6.04 Å². The van der Waals surface area contributed by atoms with E-state index in [0.717, 1.165) is 18.9 Å². The third-order valence-corrected chi connectivity index (χ3v) is 4.75. The molecule has 2 heterocycles. The Balaban J connectivity index is 1.78. The summed E-state index contributed by atoms with van der Waals surface area (Å²) in [5.74, 6) is -0.130. The first-order chi connectivity index (χ1) is 12.5. The first-order valence-electron chi connectivity index (χ1n) is 8.36. The van der Waals surface area contributed by atoms with Crippen LogP contribution in [-0.2, 0) is 0 Å². The lowest BCUT2D eigenvalue weighted by Gasteiger charge is -2.22. The number of rotatable bonds is 5. The number of benzene rings is 1. The molecule has 0 radical (unpaired) electrons. The van der Waals surface area contributed by atoms with Crippen LogP contribution in [0.15, 0.2) is 36.8 Å². The summed E-state index contributed by atoms with van der Waals surface area (Å²) in [6.45, 7) is 2.12. The standard InChI is InChI=1S/C18H21ClFN5O/c1-24(2)8-12-9-25(16-6-7-21-11-22-16)10-15(12)23-18(26)17-13(19)4-3-5-14(17)20/h3-7,11-12,15H,8-10H2,1-2H3,(H,23,26)/t12-,15-/m1/s1. The van der Waals surface area contributed by atoms with Gasteiger partial charge in [0.25, 0.3) is 5.91 Å². The number of nitrogens with zero attached hydrogens (tertiary/aromatic N) is 4. The molecule has 1 saturated heterocycles. The minimum Gasteiger partial charge on any atom is -0.354 e. The number of anilines is 1. The molecule has 1 aromatic heterocycles. The molecule has 6 nitrogen and oxygen atoms in total. The SMILES string of the molecule is CN(C)C[C@@H]1CN(c2ccncn2)C[C@H]1NC(=O)c1c(F)cccc1Cl. The molecule has 0 bridgehead atoms. The van der Waals surface area contributed by atoms with Crippen molar-refractivity contribution in [3.05, 3.63) is 53.2 Å². The molecule has 1 N–H and O–H groups in total. The molecule has 0 saturated carbocycles. The minimum absolute atomic E-state index is 0.109. The Morgan fingerprint density at radius 3 is 2.85 bits per heavy atom. The van der Waals surface area contributed by atoms with Crippen LogP contribution in [0.1, 0.15) is 10.4 Å². The van der Waals surface area contributed by atoms with Crippen LogP contribution < -0.4 is 10.2 Å². The van der Waals surface area contributed by atoms with Gasteiger partial charge in [-0.25, -0.2) is 14.4 Å². The van der Waals surface area contributed by atoms with E-state index in [0.29, 0.717) is 6.54 Å². The van der Waals surface area contributed by atoms with E-state index in [4.69, 9.17) is 11.6 Å². The number of halogens is 2. The molecule has 1 fully saturated rings. The summed E-state index contributed by atoms with van der Waals surface area (Å²) in [6.07, 6.45) is 3.19. The van der Waals surface area contributed by atoms with Gasteiger partial charge in [-0.15, -0.1) is 0 Å². The van der Waals surface area contributed by atoms with Crippen LogP contribution in [0.5, 0.6) is 0 Å². The predicted octanol–water partition coefficient (Wildman–Crippen LogP) is 2.07. The highest BCUT2D eigenvalue weighted by molar-refractivity contribution is 6.33. The molecule has 1 amide bonds. The van der Waals surface area contributed by atoms with Crippen molar-refractivity contribution in [2.24, 2.45) is 5.92 Å². The Labute approximate surface area is 157 Å². The zero-order chi connectivity index (χ0) is 18.7. The van der Waals surface area contributed by atoms with Crippen molar-refractivity contribution < 1.29 is 9.18 Å². The second-order valence-electron chi connectivity index (χ2n) is 6.67. The second-order valence-corrected chi connectivity index (χ2v) is 7.08. The van der Waals surface area contributed by atoms with Gasteiger partial charge >= 0.3 is 0 Å². The highest BCUT2D eigenvalue weighted by Gasteiger charge is 2.35. The van der Waals surface area contributed by atoms with E-state index < -0.39 is 11.7 Å². The van der Waals surface area contributed by atoms with Crippen LogP contribution in [0.2, 0.25) is 5.02 Å². The van der Waals surface area contributed by atoms with Crippen LogP contribution in [-0.4, -0.2) is 60.5 Å². The zero-order valence-corrected chi connectivity index (χ0v) is 15.4. The highest BCUT2D eigenvalue weighted by Crippen LogP contribution is 2.24. The van der Waals surface area contributed by atoms with Gasteiger partial charge in [-0.2, -0.15) is 0 Å². The molecule has 0 unspecified atom stereocenters. The Bertz CT molecular complexity index is 753. The van der Waals surface area contributed by atoms with E-state index in [1.54, 1.807) is 6.20 Å². The lowest BCUT2D eigenvalue weighted by molar-refractivity contribution is 0.0924. The average molecular weight is 378 g/mol. The maximum absolute atomic E-state index is 14.0. The number of aromatic nitrogens is 2. The molecule has 0 spiro atoms. The van der Waals surface area contributed by atoms with Crippen molar-refractivity contribution >= 4 is 23.3 Å². The largest absolute Gasteiger partial charge is 0.354 e. The fraction of sp³-hybridized carbons (Fsp3) is 0.389. The summed E-state index contributed by atoms with van der Waals surface area (Å²) in [5, 5.41) is 3.07. The van der Waals surface area contributed by atoms with Gasteiger partial charge in [-0.3, -0.25) is 4.79 Å². The van der Waals surface area contributed by atoms with E-state index in [2.05, 4.69) is 25.1 Å². The zero-order valence-electron chi connectivity index (χ0n) is 14.7. The fourth-order valence-electron chi connectivity index (χ4n) is 3.30. The van der Waals surface area contributed by atoms with E-state index in [-0.39, 0.29) is 22.5 Å². The molecule has 1 aromatic carbocycles. The van der Waals surface area contributed by atoms with Gasteiger partial charge in [0.2, 0.25) is 0 Å². The van der Waals surface area contributed by atoms with Crippen molar-refractivity contribution in [3.8, 4) is 0 Å². The first-order valence-corrected chi connectivity index (χ1v) is 8.74. The molecule has 26 heavy (non-hydrogen) atoms. The first kappa shape index (κ1) is 18.5. The molecule has 2 atom stereocenters. The topological polar surface area (TPSA) is 61.4 Å². The maximum atomic E-state index is 14.0. The Kier molecular flexibility index (Phi) is 5.68. The summed E-state index contributed by atoms with van der Waals surface area (Å²) in [7, 11) is 3.97. The lowest BCUT2D eigenvalue weighted by atomic mass is 10.0. The lowest BCUT2D eigenvalue weighted by Crippen LogP contribution is -2.43. The molecule has 1 aliphatic heterocycles. The van der Waals surface area contributed by atoms with Gasteiger partial charge in [-0.05, 0) is 32.3 Å². The fourth-order valence-corrected chi connectivity index (χ4v) is 3.55. The van der Waals surface area contributed by atoms with Crippen LogP contribution in [0.25, 0.3) is 0 Å². The van der Waals surface area contributed by atoms with Crippen molar-refractivity contribution in [3.63, 3.8) is 0 Å². The third-order valence-electron chi connectivity index (χ3n) is 4.44. The number of amides is 1. The van der Waals surface area contributed by atoms with Gasteiger partial charge in [0, 0.05) is 31.7 Å². The number of hydrogen-bond acceptors (Lipinski definition) is 5. The predicted molar refractivity (Wildman–Crippen MR) is 99.0 cm³/mol. The molecule has 8 heteroatoms. The van der Waals surface area contributed by atoms with Crippen LogP contribution in [0.4, 0.5) is 10.2 Å². The van der Waals surface area contributed by atoms with Crippen molar-refractivity contribution in [1.82, 2.24) is 20.2 Å². The third kappa shape index (κ3) is 4.11. The number of carbonyl (C=O) groups excluding carboxylic acids is 1. The van der Waals surface area contributed by atoms with Crippen molar-refractivity contribution in [2.75, 3.05) is 38.6 Å². The Morgan fingerprint density at radius 1 is 1.38 bits per heavy atom. The summed E-state index contributed by atoms with van der Waals surface area (Å²) < 4.78 is 14.0. The number of nitrogens with one attached hydrogen (secondary N) is 1. The molecule has 0 aliphatic carbocycles.